The molecule has 2 N–H and O–H groups in total. The van der Waals surface area contributed by atoms with Gasteiger partial charge in [0.05, 0.1) is 0 Å². The molecule has 0 amide bonds. The summed E-state index contributed by atoms with van der Waals surface area (Å²) in [5, 5.41) is 7.28. The molecule has 2 aliphatic rings. The van der Waals surface area contributed by atoms with Crippen LogP contribution in [0.1, 0.15) is 44.6 Å². The van der Waals surface area contributed by atoms with Gasteiger partial charge in [0.15, 0.2) is 0 Å². The van der Waals surface area contributed by atoms with Crippen LogP contribution in [0.3, 0.4) is 0 Å². The second-order valence-electron chi connectivity index (χ2n) is 6.77. The fourth-order valence-electron chi connectivity index (χ4n) is 3.69. The molecule has 1 aromatic carbocycles. The van der Waals surface area contributed by atoms with E-state index in [1.165, 1.54) is 68.7 Å². The van der Waals surface area contributed by atoms with Crippen molar-refractivity contribution in [2.75, 3.05) is 29.9 Å². The van der Waals surface area contributed by atoms with Crippen molar-refractivity contribution >= 4 is 11.4 Å². The van der Waals surface area contributed by atoms with Crippen LogP contribution in [-0.2, 0) is 0 Å². The lowest BCUT2D eigenvalue weighted by Gasteiger charge is -2.23. The Bertz CT molecular complexity index is 460. The Morgan fingerprint density at radius 3 is 2.76 bits per heavy atom. The summed E-state index contributed by atoms with van der Waals surface area (Å²) in [4.78, 5) is 2.50. The van der Waals surface area contributed by atoms with Crippen molar-refractivity contribution in [3.63, 3.8) is 0 Å². The first-order chi connectivity index (χ1) is 10.2. The Hall–Kier alpha value is -1.22. The highest BCUT2D eigenvalue weighted by Gasteiger charge is 2.18. The largest absolute Gasteiger partial charge is 0.382 e. The molecule has 0 spiro atoms. The standard InChI is InChI=1S/C18H29N3/c1-14-12-17(21-10-3-4-11-21)7-8-18(14)20-15(2)13-16-6-5-9-19-16/h7-8,12,15-16,19-20H,3-6,9-11,13H2,1-2H3. The molecule has 1 aromatic rings. The van der Waals surface area contributed by atoms with Crippen LogP contribution in [0.2, 0.25) is 0 Å². The van der Waals surface area contributed by atoms with Gasteiger partial charge in [0, 0.05) is 36.5 Å². The minimum absolute atomic E-state index is 0.525. The van der Waals surface area contributed by atoms with E-state index < -0.39 is 0 Å². The van der Waals surface area contributed by atoms with E-state index in [0.29, 0.717) is 12.1 Å². The van der Waals surface area contributed by atoms with Gasteiger partial charge in [-0.3, -0.25) is 0 Å². The third kappa shape index (κ3) is 3.70. The highest BCUT2D eigenvalue weighted by atomic mass is 15.1. The molecule has 0 saturated carbocycles. The summed E-state index contributed by atoms with van der Waals surface area (Å²) in [6.07, 6.45) is 6.56. The third-order valence-electron chi connectivity index (χ3n) is 4.88. The SMILES string of the molecule is Cc1cc(N2CCCC2)ccc1NC(C)CC1CCCN1. The number of nitrogens with one attached hydrogen (secondary N) is 2. The summed E-state index contributed by atoms with van der Waals surface area (Å²) < 4.78 is 0. The Morgan fingerprint density at radius 1 is 1.29 bits per heavy atom. The maximum Gasteiger partial charge on any atom is 0.0373 e. The summed E-state index contributed by atoms with van der Waals surface area (Å²) in [7, 11) is 0. The van der Waals surface area contributed by atoms with Crippen molar-refractivity contribution in [1.82, 2.24) is 5.32 Å². The van der Waals surface area contributed by atoms with Gasteiger partial charge in [0.1, 0.15) is 0 Å². The van der Waals surface area contributed by atoms with E-state index >= 15 is 0 Å². The molecular weight excluding hydrogens is 258 g/mol. The zero-order valence-electron chi connectivity index (χ0n) is 13.5. The van der Waals surface area contributed by atoms with Gasteiger partial charge in [0.25, 0.3) is 0 Å². The average Bonchev–Trinajstić information content (AvgIpc) is 3.13. The fraction of sp³-hybridized carbons (Fsp3) is 0.667. The molecule has 3 nitrogen and oxygen atoms in total. The highest BCUT2D eigenvalue weighted by molar-refractivity contribution is 5.60. The van der Waals surface area contributed by atoms with Crippen LogP contribution in [0.4, 0.5) is 11.4 Å². The Morgan fingerprint density at radius 2 is 2.10 bits per heavy atom. The van der Waals surface area contributed by atoms with Crippen LogP contribution < -0.4 is 15.5 Å². The predicted octanol–water partition coefficient (Wildman–Crippen LogP) is 3.54. The molecule has 2 atom stereocenters. The summed E-state index contributed by atoms with van der Waals surface area (Å²) >= 11 is 0. The first kappa shape index (κ1) is 14.7. The molecule has 2 saturated heterocycles. The molecule has 21 heavy (non-hydrogen) atoms. The quantitative estimate of drug-likeness (QED) is 0.867. The summed E-state index contributed by atoms with van der Waals surface area (Å²) in [6.45, 7) is 8.16. The zero-order chi connectivity index (χ0) is 14.7. The Balaban J connectivity index is 1.59. The van der Waals surface area contributed by atoms with Gasteiger partial charge in [-0.25, -0.2) is 0 Å². The lowest BCUT2D eigenvalue weighted by atomic mass is 10.1. The monoisotopic (exact) mass is 287 g/mol. The maximum absolute atomic E-state index is 3.70. The van der Waals surface area contributed by atoms with Crippen molar-refractivity contribution < 1.29 is 0 Å². The van der Waals surface area contributed by atoms with Crippen molar-refractivity contribution in [3.05, 3.63) is 23.8 Å². The first-order valence-corrected chi connectivity index (χ1v) is 8.58. The van der Waals surface area contributed by atoms with Crippen molar-refractivity contribution in [2.45, 2.75) is 58.0 Å². The molecule has 2 unspecified atom stereocenters. The molecule has 3 heteroatoms. The van der Waals surface area contributed by atoms with E-state index in [2.05, 4.69) is 47.6 Å². The minimum atomic E-state index is 0.525. The van der Waals surface area contributed by atoms with Crippen LogP contribution in [-0.4, -0.2) is 31.7 Å². The summed E-state index contributed by atoms with van der Waals surface area (Å²) in [5.74, 6) is 0. The second-order valence-corrected chi connectivity index (χ2v) is 6.77. The van der Waals surface area contributed by atoms with E-state index in [9.17, 15) is 0 Å². The molecule has 0 radical (unpaired) electrons. The molecule has 3 rings (SSSR count). The second kappa shape index (κ2) is 6.69. The number of anilines is 2. The molecular formula is C18H29N3. The van der Waals surface area contributed by atoms with Crippen LogP contribution >= 0.6 is 0 Å². The third-order valence-corrected chi connectivity index (χ3v) is 4.88. The van der Waals surface area contributed by atoms with E-state index in [0.717, 1.165) is 0 Å². The molecule has 0 aliphatic carbocycles. The number of aryl methyl sites for hydroxylation is 1. The number of benzene rings is 1. The smallest absolute Gasteiger partial charge is 0.0373 e. The lowest BCUT2D eigenvalue weighted by Crippen LogP contribution is -2.29. The van der Waals surface area contributed by atoms with E-state index in [-0.39, 0.29) is 0 Å². The summed E-state index contributed by atoms with van der Waals surface area (Å²) in [6, 6.07) is 8.12. The Kier molecular flexibility index (Phi) is 4.69. The topological polar surface area (TPSA) is 27.3 Å². The summed E-state index contributed by atoms with van der Waals surface area (Å²) in [5.41, 5.74) is 4.05. The van der Waals surface area contributed by atoms with Crippen LogP contribution in [0.5, 0.6) is 0 Å². The van der Waals surface area contributed by atoms with E-state index in [1.54, 1.807) is 0 Å². The number of nitrogens with zero attached hydrogens (tertiary/aromatic N) is 1. The van der Waals surface area contributed by atoms with E-state index in [1.807, 2.05) is 0 Å². The van der Waals surface area contributed by atoms with E-state index in [4.69, 9.17) is 0 Å². The molecule has 2 aliphatic heterocycles. The van der Waals surface area contributed by atoms with Crippen LogP contribution in [0.25, 0.3) is 0 Å². The van der Waals surface area contributed by atoms with Crippen molar-refractivity contribution in [1.29, 1.82) is 0 Å². The fourth-order valence-corrected chi connectivity index (χ4v) is 3.69. The Labute approximate surface area is 129 Å². The predicted molar refractivity (Wildman–Crippen MR) is 91.4 cm³/mol. The van der Waals surface area contributed by atoms with Gasteiger partial charge >= 0.3 is 0 Å². The number of rotatable bonds is 5. The van der Waals surface area contributed by atoms with Crippen LogP contribution in [0, 0.1) is 6.92 Å². The van der Waals surface area contributed by atoms with Gasteiger partial charge < -0.3 is 15.5 Å². The van der Waals surface area contributed by atoms with Gasteiger partial charge in [-0.2, -0.15) is 0 Å². The zero-order valence-corrected chi connectivity index (χ0v) is 13.5. The molecule has 116 valence electrons. The van der Waals surface area contributed by atoms with Gasteiger partial charge in [0.2, 0.25) is 0 Å². The van der Waals surface area contributed by atoms with Gasteiger partial charge in [-0.15, -0.1) is 0 Å². The first-order valence-electron chi connectivity index (χ1n) is 8.58. The van der Waals surface area contributed by atoms with Crippen molar-refractivity contribution in [3.8, 4) is 0 Å². The van der Waals surface area contributed by atoms with Crippen LogP contribution in [0.15, 0.2) is 18.2 Å². The van der Waals surface area contributed by atoms with Gasteiger partial charge in [-0.05, 0) is 76.3 Å². The highest BCUT2D eigenvalue weighted by Crippen LogP contribution is 2.26. The van der Waals surface area contributed by atoms with Gasteiger partial charge in [-0.1, -0.05) is 0 Å². The maximum atomic E-state index is 3.70. The molecule has 2 heterocycles. The number of hydrogen-bond acceptors (Lipinski definition) is 3. The number of hydrogen-bond donors (Lipinski definition) is 2. The molecule has 2 fully saturated rings. The average molecular weight is 287 g/mol. The lowest BCUT2D eigenvalue weighted by molar-refractivity contribution is 0.523. The van der Waals surface area contributed by atoms with Crippen molar-refractivity contribution in [2.24, 2.45) is 0 Å². The minimum Gasteiger partial charge on any atom is -0.382 e. The molecule has 0 bridgehead atoms. The molecule has 0 aromatic heterocycles. The normalized spacial score (nSPS) is 23.5.